The SMILES string of the molecule is CCNC(=NCc1cccc(NC(=O)C2CCCCC2)c1)NC1CCC(O)CC1.I. The van der Waals surface area contributed by atoms with Crippen molar-refractivity contribution in [2.75, 3.05) is 11.9 Å². The van der Waals surface area contributed by atoms with E-state index in [1.54, 1.807) is 0 Å². The normalized spacial score (nSPS) is 22.7. The summed E-state index contributed by atoms with van der Waals surface area (Å²) in [5.74, 6) is 1.12. The fraction of sp³-hybridized carbons (Fsp3) is 0.652. The van der Waals surface area contributed by atoms with E-state index in [4.69, 9.17) is 4.99 Å². The first-order valence-electron chi connectivity index (χ1n) is 11.3. The standard InChI is InChI=1S/C23H36N4O2.HI/c1-2-24-23(27-19-11-13-21(28)14-12-19)25-16-17-7-6-10-20(15-17)26-22(29)18-8-4-3-5-9-18;/h6-7,10,15,18-19,21,28H,2-5,8-9,11-14,16H2,1H3,(H,26,29)(H2,24,25,27);1H. The predicted octanol–water partition coefficient (Wildman–Crippen LogP) is 4.18. The summed E-state index contributed by atoms with van der Waals surface area (Å²) in [6, 6.07) is 8.34. The summed E-state index contributed by atoms with van der Waals surface area (Å²) < 4.78 is 0. The lowest BCUT2D eigenvalue weighted by Crippen LogP contribution is -2.45. The fourth-order valence-electron chi connectivity index (χ4n) is 4.26. The van der Waals surface area contributed by atoms with Gasteiger partial charge in [0.2, 0.25) is 5.91 Å². The molecule has 0 saturated heterocycles. The van der Waals surface area contributed by atoms with Crippen molar-refractivity contribution in [1.29, 1.82) is 0 Å². The average Bonchev–Trinajstić information content (AvgIpc) is 2.75. The van der Waals surface area contributed by atoms with E-state index in [1.165, 1.54) is 6.42 Å². The number of carbonyl (C=O) groups excluding carboxylic acids is 1. The quantitative estimate of drug-likeness (QED) is 0.254. The number of amides is 1. The van der Waals surface area contributed by atoms with Gasteiger partial charge in [0.1, 0.15) is 0 Å². The number of hydrogen-bond acceptors (Lipinski definition) is 3. The molecule has 0 radical (unpaired) electrons. The Labute approximate surface area is 197 Å². The Morgan fingerprint density at radius 3 is 2.53 bits per heavy atom. The molecule has 30 heavy (non-hydrogen) atoms. The Morgan fingerprint density at radius 1 is 1.10 bits per heavy atom. The van der Waals surface area contributed by atoms with Gasteiger partial charge >= 0.3 is 0 Å². The van der Waals surface area contributed by atoms with Gasteiger partial charge in [0, 0.05) is 24.2 Å². The maximum absolute atomic E-state index is 12.5. The summed E-state index contributed by atoms with van der Waals surface area (Å²) in [5.41, 5.74) is 1.93. The van der Waals surface area contributed by atoms with Crippen LogP contribution in [0.15, 0.2) is 29.3 Å². The van der Waals surface area contributed by atoms with E-state index in [1.807, 2.05) is 24.3 Å². The lowest BCUT2D eigenvalue weighted by molar-refractivity contribution is -0.120. The summed E-state index contributed by atoms with van der Waals surface area (Å²) in [6.07, 6.45) is 9.06. The number of halogens is 1. The molecule has 3 rings (SSSR count). The molecule has 6 nitrogen and oxygen atoms in total. The van der Waals surface area contributed by atoms with Crippen LogP contribution < -0.4 is 16.0 Å². The second-order valence-corrected chi connectivity index (χ2v) is 8.37. The van der Waals surface area contributed by atoms with Crippen molar-refractivity contribution in [3.8, 4) is 0 Å². The first-order valence-corrected chi connectivity index (χ1v) is 11.3. The van der Waals surface area contributed by atoms with Gasteiger partial charge in [-0.2, -0.15) is 0 Å². The number of nitrogens with zero attached hydrogens (tertiary/aromatic N) is 1. The number of benzene rings is 1. The van der Waals surface area contributed by atoms with E-state index in [2.05, 4.69) is 22.9 Å². The highest BCUT2D eigenvalue weighted by Gasteiger charge is 2.21. The molecule has 1 amide bonds. The Kier molecular flexibility index (Phi) is 10.9. The lowest BCUT2D eigenvalue weighted by Gasteiger charge is -2.27. The van der Waals surface area contributed by atoms with Crippen LogP contribution in [-0.2, 0) is 11.3 Å². The molecule has 2 saturated carbocycles. The van der Waals surface area contributed by atoms with E-state index >= 15 is 0 Å². The largest absolute Gasteiger partial charge is 0.393 e. The van der Waals surface area contributed by atoms with E-state index in [0.717, 1.165) is 75.1 Å². The zero-order valence-electron chi connectivity index (χ0n) is 18.0. The van der Waals surface area contributed by atoms with Gasteiger partial charge in [-0.15, -0.1) is 24.0 Å². The maximum Gasteiger partial charge on any atom is 0.227 e. The molecule has 0 aliphatic heterocycles. The Hall–Kier alpha value is -1.35. The van der Waals surface area contributed by atoms with Crippen molar-refractivity contribution in [1.82, 2.24) is 10.6 Å². The van der Waals surface area contributed by atoms with Crippen molar-refractivity contribution >= 4 is 41.5 Å². The van der Waals surface area contributed by atoms with Crippen LogP contribution in [0.3, 0.4) is 0 Å². The van der Waals surface area contributed by atoms with Crippen molar-refractivity contribution < 1.29 is 9.90 Å². The molecule has 0 heterocycles. The molecule has 2 aliphatic carbocycles. The molecule has 1 aromatic rings. The summed E-state index contributed by atoms with van der Waals surface area (Å²) in [6.45, 7) is 3.42. The summed E-state index contributed by atoms with van der Waals surface area (Å²) in [7, 11) is 0. The van der Waals surface area contributed by atoms with Crippen LogP contribution in [0.2, 0.25) is 0 Å². The van der Waals surface area contributed by atoms with Crippen LogP contribution in [0.4, 0.5) is 5.69 Å². The highest BCUT2D eigenvalue weighted by Crippen LogP contribution is 2.25. The molecule has 2 aliphatic rings. The summed E-state index contributed by atoms with van der Waals surface area (Å²) >= 11 is 0. The molecule has 4 N–H and O–H groups in total. The van der Waals surface area contributed by atoms with Crippen LogP contribution in [0.5, 0.6) is 0 Å². The van der Waals surface area contributed by atoms with Gasteiger partial charge in [0.15, 0.2) is 5.96 Å². The minimum absolute atomic E-state index is 0. The van der Waals surface area contributed by atoms with Crippen LogP contribution >= 0.6 is 24.0 Å². The van der Waals surface area contributed by atoms with Gasteiger partial charge in [0.25, 0.3) is 0 Å². The minimum Gasteiger partial charge on any atom is -0.393 e. The molecule has 0 aromatic heterocycles. The number of hydrogen-bond donors (Lipinski definition) is 4. The second kappa shape index (κ2) is 13.1. The molecular weight excluding hydrogens is 491 g/mol. The molecule has 0 spiro atoms. The number of rotatable bonds is 6. The van der Waals surface area contributed by atoms with Crippen molar-refractivity contribution in [3.63, 3.8) is 0 Å². The zero-order valence-corrected chi connectivity index (χ0v) is 20.4. The maximum atomic E-state index is 12.5. The van der Waals surface area contributed by atoms with Crippen LogP contribution in [0, 0.1) is 5.92 Å². The topological polar surface area (TPSA) is 85.8 Å². The Morgan fingerprint density at radius 2 is 1.83 bits per heavy atom. The number of nitrogens with one attached hydrogen (secondary N) is 3. The third-order valence-electron chi connectivity index (χ3n) is 5.97. The predicted molar refractivity (Wildman–Crippen MR) is 133 cm³/mol. The number of guanidine groups is 1. The molecule has 1 aromatic carbocycles. The van der Waals surface area contributed by atoms with E-state index in [9.17, 15) is 9.90 Å². The monoisotopic (exact) mass is 528 g/mol. The molecule has 168 valence electrons. The van der Waals surface area contributed by atoms with Gasteiger partial charge in [-0.1, -0.05) is 31.4 Å². The molecule has 7 heteroatoms. The van der Waals surface area contributed by atoms with Crippen molar-refractivity contribution in [3.05, 3.63) is 29.8 Å². The zero-order chi connectivity index (χ0) is 20.5. The van der Waals surface area contributed by atoms with Gasteiger partial charge in [-0.05, 0) is 63.1 Å². The highest BCUT2D eigenvalue weighted by molar-refractivity contribution is 14.0. The smallest absolute Gasteiger partial charge is 0.227 e. The summed E-state index contributed by atoms with van der Waals surface area (Å²) in [5, 5.41) is 19.6. The minimum atomic E-state index is -0.154. The van der Waals surface area contributed by atoms with E-state index in [0.29, 0.717) is 12.6 Å². The summed E-state index contributed by atoms with van der Waals surface area (Å²) in [4.78, 5) is 17.2. The molecule has 2 fully saturated rings. The highest BCUT2D eigenvalue weighted by atomic mass is 127. The molecular formula is C23H37IN4O2. The van der Waals surface area contributed by atoms with Crippen LogP contribution in [-0.4, -0.2) is 35.7 Å². The third-order valence-corrected chi connectivity index (χ3v) is 5.97. The van der Waals surface area contributed by atoms with E-state index in [-0.39, 0.29) is 41.9 Å². The number of anilines is 1. The third kappa shape index (κ3) is 8.06. The molecule has 0 atom stereocenters. The van der Waals surface area contributed by atoms with Crippen molar-refractivity contribution in [2.24, 2.45) is 10.9 Å². The van der Waals surface area contributed by atoms with Gasteiger partial charge in [0.05, 0.1) is 12.6 Å². The van der Waals surface area contributed by atoms with Crippen molar-refractivity contribution in [2.45, 2.75) is 83.4 Å². The lowest BCUT2D eigenvalue weighted by atomic mass is 9.88. The first kappa shape index (κ1) is 24.9. The van der Waals surface area contributed by atoms with Gasteiger partial charge < -0.3 is 21.1 Å². The van der Waals surface area contributed by atoms with Crippen LogP contribution in [0.25, 0.3) is 0 Å². The fourth-order valence-corrected chi connectivity index (χ4v) is 4.26. The first-order chi connectivity index (χ1) is 14.1. The average molecular weight is 528 g/mol. The van der Waals surface area contributed by atoms with Gasteiger partial charge in [-0.3, -0.25) is 4.79 Å². The number of carbonyl (C=O) groups is 1. The Bertz CT molecular complexity index is 684. The number of aliphatic imine (C=N–C) groups is 1. The molecule has 0 bridgehead atoms. The van der Waals surface area contributed by atoms with Gasteiger partial charge in [-0.25, -0.2) is 4.99 Å². The molecule has 0 unspecified atom stereocenters. The number of aliphatic hydroxyl groups excluding tert-OH is 1. The second-order valence-electron chi connectivity index (χ2n) is 8.37. The van der Waals surface area contributed by atoms with E-state index < -0.39 is 0 Å². The van der Waals surface area contributed by atoms with Crippen LogP contribution in [0.1, 0.15) is 70.3 Å². The Balaban J connectivity index is 0.00000320. The number of aliphatic hydroxyl groups is 1.